The molecular weight excluding hydrogens is 406 g/mol. The Morgan fingerprint density at radius 1 is 1.07 bits per heavy atom. The summed E-state index contributed by atoms with van der Waals surface area (Å²) in [4.78, 5) is 23.9. The maximum atomic E-state index is 12.0. The number of nitrogens with zero attached hydrogens (tertiary/aromatic N) is 1. The van der Waals surface area contributed by atoms with Crippen LogP contribution in [0.15, 0.2) is 41.5 Å². The van der Waals surface area contributed by atoms with E-state index in [1.807, 2.05) is 20.8 Å². The molecule has 0 bridgehead atoms. The fourth-order valence-electron chi connectivity index (χ4n) is 2.44. The van der Waals surface area contributed by atoms with E-state index < -0.39 is 11.8 Å². The summed E-state index contributed by atoms with van der Waals surface area (Å²) in [6.07, 6.45) is 2.00. The molecule has 0 aromatic heterocycles. The van der Waals surface area contributed by atoms with E-state index in [9.17, 15) is 9.59 Å². The fourth-order valence-corrected chi connectivity index (χ4v) is 2.63. The van der Waals surface area contributed by atoms with E-state index in [2.05, 4.69) is 15.8 Å². The van der Waals surface area contributed by atoms with E-state index in [-0.39, 0.29) is 6.42 Å². The summed E-state index contributed by atoms with van der Waals surface area (Å²) in [5.74, 6) is 0.277. The number of hydrogen-bond donors (Lipinski definition) is 2. The number of aryl methyl sites for hydroxylation is 1. The van der Waals surface area contributed by atoms with Gasteiger partial charge in [-0.1, -0.05) is 24.6 Å². The molecular formula is C22H26ClN3O4. The first kappa shape index (κ1) is 23.2. The van der Waals surface area contributed by atoms with Gasteiger partial charge in [-0.15, -0.1) is 0 Å². The van der Waals surface area contributed by atoms with E-state index in [1.165, 1.54) is 6.21 Å². The third-order valence-corrected chi connectivity index (χ3v) is 4.32. The number of nitrogens with one attached hydrogen (secondary N) is 2. The molecule has 0 spiro atoms. The molecule has 0 aliphatic rings. The molecule has 0 heterocycles. The molecule has 0 unspecified atom stereocenters. The lowest BCUT2D eigenvalue weighted by atomic mass is 10.2. The Morgan fingerprint density at radius 2 is 1.87 bits per heavy atom. The number of amides is 2. The quantitative estimate of drug-likeness (QED) is 0.333. The van der Waals surface area contributed by atoms with Crippen molar-refractivity contribution in [3.05, 3.63) is 52.5 Å². The van der Waals surface area contributed by atoms with Crippen molar-refractivity contribution in [2.24, 2.45) is 5.10 Å². The molecule has 0 radical (unpaired) electrons. The normalized spacial score (nSPS) is 10.7. The molecule has 0 saturated heterocycles. The second-order valence-electron chi connectivity index (χ2n) is 6.47. The number of anilines is 1. The highest BCUT2D eigenvalue weighted by Crippen LogP contribution is 2.28. The van der Waals surface area contributed by atoms with Crippen molar-refractivity contribution in [2.75, 3.05) is 18.5 Å². The average molecular weight is 432 g/mol. The number of benzene rings is 2. The minimum Gasteiger partial charge on any atom is -0.490 e. The summed E-state index contributed by atoms with van der Waals surface area (Å²) in [5, 5.41) is 7.07. The molecule has 2 aromatic carbocycles. The Kier molecular flexibility index (Phi) is 9.15. The van der Waals surface area contributed by atoms with Gasteiger partial charge in [0.2, 0.25) is 11.8 Å². The van der Waals surface area contributed by atoms with Crippen molar-refractivity contribution in [1.29, 1.82) is 0 Å². The number of carbonyl (C=O) groups is 2. The van der Waals surface area contributed by atoms with Crippen LogP contribution in [0.25, 0.3) is 0 Å². The standard InChI is InChI=1S/C22H26ClN3O4/c1-4-10-30-19-9-7-16(11-20(19)29-5-2)14-24-26-22(28)13-21(27)25-17-8-6-15(3)18(23)12-17/h6-9,11-12,14H,4-5,10,13H2,1-3H3,(H,25,27)(H,26,28). The molecule has 0 fully saturated rings. The number of halogens is 1. The molecule has 30 heavy (non-hydrogen) atoms. The minimum absolute atomic E-state index is 0.364. The number of ether oxygens (including phenoxy) is 2. The zero-order chi connectivity index (χ0) is 21.9. The van der Waals surface area contributed by atoms with Gasteiger partial charge in [0.25, 0.3) is 0 Å². The SMILES string of the molecule is CCCOc1ccc(C=NNC(=O)CC(=O)Nc2ccc(C)c(Cl)c2)cc1OCC. The van der Waals surface area contributed by atoms with E-state index >= 15 is 0 Å². The van der Waals surface area contributed by atoms with E-state index in [0.717, 1.165) is 17.5 Å². The van der Waals surface area contributed by atoms with Crippen molar-refractivity contribution in [3.8, 4) is 11.5 Å². The zero-order valence-corrected chi connectivity index (χ0v) is 18.1. The lowest BCUT2D eigenvalue weighted by molar-refractivity contribution is -0.126. The first-order chi connectivity index (χ1) is 14.4. The van der Waals surface area contributed by atoms with Crippen LogP contribution in [0.5, 0.6) is 11.5 Å². The Morgan fingerprint density at radius 3 is 2.57 bits per heavy atom. The molecule has 0 atom stereocenters. The number of hydrazone groups is 1. The molecule has 0 aliphatic carbocycles. The Hall–Kier alpha value is -3.06. The molecule has 160 valence electrons. The number of carbonyl (C=O) groups excluding carboxylic acids is 2. The summed E-state index contributed by atoms with van der Waals surface area (Å²) in [6.45, 7) is 6.88. The maximum Gasteiger partial charge on any atom is 0.249 e. The van der Waals surface area contributed by atoms with Gasteiger partial charge in [-0.2, -0.15) is 5.10 Å². The van der Waals surface area contributed by atoms with Crippen molar-refractivity contribution >= 4 is 35.3 Å². The van der Waals surface area contributed by atoms with Crippen molar-refractivity contribution in [2.45, 2.75) is 33.6 Å². The Balaban J connectivity index is 1.89. The predicted molar refractivity (Wildman–Crippen MR) is 119 cm³/mol. The van der Waals surface area contributed by atoms with Gasteiger partial charge in [0.1, 0.15) is 6.42 Å². The summed E-state index contributed by atoms with van der Waals surface area (Å²) >= 11 is 6.03. The van der Waals surface area contributed by atoms with Crippen molar-refractivity contribution < 1.29 is 19.1 Å². The first-order valence-corrected chi connectivity index (χ1v) is 10.1. The summed E-state index contributed by atoms with van der Waals surface area (Å²) < 4.78 is 11.2. The van der Waals surface area contributed by atoms with Gasteiger partial charge in [-0.05, 0) is 61.7 Å². The molecule has 2 N–H and O–H groups in total. The van der Waals surface area contributed by atoms with Crippen LogP contribution in [0.1, 0.15) is 37.8 Å². The van der Waals surface area contributed by atoms with Crippen LogP contribution < -0.4 is 20.2 Å². The average Bonchev–Trinajstić information content (AvgIpc) is 2.70. The molecule has 0 aliphatic heterocycles. The fraction of sp³-hybridized carbons (Fsp3) is 0.318. The van der Waals surface area contributed by atoms with Gasteiger partial charge in [-0.25, -0.2) is 5.43 Å². The topological polar surface area (TPSA) is 89.0 Å². The lowest BCUT2D eigenvalue weighted by Gasteiger charge is -2.11. The van der Waals surface area contributed by atoms with Crippen LogP contribution >= 0.6 is 11.6 Å². The van der Waals surface area contributed by atoms with Gasteiger partial charge in [0, 0.05) is 10.7 Å². The molecule has 8 heteroatoms. The third kappa shape index (κ3) is 7.40. The molecule has 7 nitrogen and oxygen atoms in total. The lowest BCUT2D eigenvalue weighted by Crippen LogP contribution is -2.24. The zero-order valence-electron chi connectivity index (χ0n) is 17.3. The minimum atomic E-state index is -0.533. The second-order valence-corrected chi connectivity index (χ2v) is 6.88. The highest BCUT2D eigenvalue weighted by Gasteiger charge is 2.10. The predicted octanol–water partition coefficient (Wildman–Crippen LogP) is 4.31. The second kappa shape index (κ2) is 11.8. The van der Waals surface area contributed by atoms with E-state index in [4.69, 9.17) is 21.1 Å². The summed E-state index contributed by atoms with van der Waals surface area (Å²) in [6, 6.07) is 10.5. The Labute approximate surface area is 181 Å². The molecule has 0 saturated carbocycles. The molecule has 2 rings (SSSR count). The van der Waals surface area contributed by atoms with Crippen LogP contribution in [-0.4, -0.2) is 31.2 Å². The van der Waals surface area contributed by atoms with E-state index in [0.29, 0.717) is 35.4 Å². The van der Waals surface area contributed by atoms with Gasteiger partial charge in [0.15, 0.2) is 11.5 Å². The maximum absolute atomic E-state index is 12.0. The van der Waals surface area contributed by atoms with Crippen LogP contribution in [0.3, 0.4) is 0 Å². The smallest absolute Gasteiger partial charge is 0.249 e. The molecule has 2 amide bonds. The van der Waals surface area contributed by atoms with Crippen molar-refractivity contribution in [3.63, 3.8) is 0 Å². The van der Waals surface area contributed by atoms with Crippen LogP contribution in [-0.2, 0) is 9.59 Å². The largest absolute Gasteiger partial charge is 0.490 e. The number of hydrogen-bond acceptors (Lipinski definition) is 5. The van der Waals surface area contributed by atoms with Crippen LogP contribution in [0.2, 0.25) is 5.02 Å². The highest BCUT2D eigenvalue weighted by molar-refractivity contribution is 6.31. The number of rotatable bonds is 10. The van der Waals surface area contributed by atoms with Gasteiger partial charge < -0.3 is 14.8 Å². The Bertz CT molecular complexity index is 915. The third-order valence-electron chi connectivity index (χ3n) is 3.91. The van der Waals surface area contributed by atoms with Gasteiger partial charge in [0.05, 0.1) is 19.4 Å². The van der Waals surface area contributed by atoms with E-state index in [1.54, 1.807) is 36.4 Å². The van der Waals surface area contributed by atoms with Gasteiger partial charge in [-0.3, -0.25) is 9.59 Å². The highest BCUT2D eigenvalue weighted by atomic mass is 35.5. The van der Waals surface area contributed by atoms with Gasteiger partial charge >= 0.3 is 0 Å². The first-order valence-electron chi connectivity index (χ1n) is 9.70. The van der Waals surface area contributed by atoms with Crippen LogP contribution in [0.4, 0.5) is 5.69 Å². The summed E-state index contributed by atoms with van der Waals surface area (Å²) in [5.41, 5.74) is 4.49. The summed E-state index contributed by atoms with van der Waals surface area (Å²) in [7, 11) is 0. The van der Waals surface area contributed by atoms with Crippen LogP contribution in [0, 0.1) is 6.92 Å². The molecule has 2 aromatic rings. The monoisotopic (exact) mass is 431 g/mol. The van der Waals surface area contributed by atoms with Crippen molar-refractivity contribution in [1.82, 2.24) is 5.43 Å².